The summed E-state index contributed by atoms with van der Waals surface area (Å²) >= 11 is 0. The van der Waals surface area contributed by atoms with Crippen LogP contribution < -0.4 is 0 Å². The molecule has 6 nitrogen and oxygen atoms in total. The molecule has 7 heteroatoms. The van der Waals surface area contributed by atoms with E-state index in [4.69, 9.17) is 5.11 Å². The normalized spacial score (nSPS) is 22.0. The van der Waals surface area contributed by atoms with Crippen molar-refractivity contribution in [2.75, 3.05) is 13.1 Å². The van der Waals surface area contributed by atoms with E-state index in [0.29, 0.717) is 31.3 Å². The third kappa shape index (κ3) is 4.21. The van der Waals surface area contributed by atoms with E-state index in [-0.39, 0.29) is 0 Å². The summed E-state index contributed by atoms with van der Waals surface area (Å²) in [4.78, 5) is 12.3. The van der Waals surface area contributed by atoms with Gasteiger partial charge >= 0.3 is 6.09 Å². The number of rotatable bonds is 4. The topological polar surface area (TPSA) is 87.0 Å². The van der Waals surface area contributed by atoms with Crippen molar-refractivity contribution >= 4 is 21.8 Å². The molecule has 0 radical (unpaired) electrons. The highest BCUT2D eigenvalue weighted by Crippen LogP contribution is 2.36. The Bertz CT molecular complexity index is 551. The van der Waals surface area contributed by atoms with Crippen LogP contribution in [0.5, 0.6) is 0 Å². The molecule has 0 aromatic heterocycles. The average molecular weight is 330 g/mol. The van der Waals surface area contributed by atoms with Gasteiger partial charge in [-0.05, 0) is 64.7 Å². The van der Waals surface area contributed by atoms with E-state index in [0.717, 1.165) is 31.4 Å². The van der Waals surface area contributed by atoms with Gasteiger partial charge in [-0.15, -0.1) is 0 Å². The van der Waals surface area contributed by atoms with Crippen molar-refractivity contribution in [3.05, 3.63) is 0 Å². The highest BCUT2D eigenvalue weighted by atomic mass is 32.2. The summed E-state index contributed by atoms with van der Waals surface area (Å²) in [5, 5.41) is 8.97. The fourth-order valence-electron chi connectivity index (χ4n) is 2.61. The Morgan fingerprint density at radius 2 is 1.73 bits per heavy atom. The minimum atomic E-state index is -3.49. The molecule has 1 aliphatic carbocycles. The number of hydrogen-bond donors (Lipinski definition) is 1. The van der Waals surface area contributed by atoms with E-state index in [1.807, 2.05) is 0 Å². The Kier molecular flexibility index (Phi) is 4.84. The van der Waals surface area contributed by atoms with E-state index < -0.39 is 20.9 Å². The van der Waals surface area contributed by atoms with E-state index in [1.54, 1.807) is 20.8 Å². The molecule has 126 valence electrons. The number of carbonyl (C=O) groups is 1. The van der Waals surface area contributed by atoms with Gasteiger partial charge in [0.15, 0.2) is 0 Å². The van der Waals surface area contributed by atoms with E-state index in [1.165, 1.54) is 4.90 Å². The molecular formula is C15H26N2O4S. The Morgan fingerprint density at radius 1 is 1.18 bits per heavy atom. The molecule has 1 amide bonds. The molecule has 0 aromatic carbocycles. The molecule has 0 unspecified atom stereocenters. The quantitative estimate of drug-likeness (QED) is 0.803. The van der Waals surface area contributed by atoms with Crippen LogP contribution in [-0.4, -0.2) is 48.1 Å². The van der Waals surface area contributed by atoms with Crippen molar-refractivity contribution in [3.8, 4) is 0 Å². The molecule has 0 atom stereocenters. The summed E-state index contributed by atoms with van der Waals surface area (Å²) in [6.45, 7) is 6.07. The summed E-state index contributed by atoms with van der Waals surface area (Å²) in [6.07, 6.45) is 3.43. The van der Waals surface area contributed by atoms with Crippen LogP contribution in [0.1, 0.15) is 52.9 Å². The summed E-state index contributed by atoms with van der Waals surface area (Å²) in [5.41, 5.74) is 0.809. The van der Waals surface area contributed by atoms with Crippen molar-refractivity contribution < 1.29 is 18.3 Å². The number of amides is 1. The maximum Gasteiger partial charge on any atom is 0.407 e. The van der Waals surface area contributed by atoms with E-state index in [9.17, 15) is 13.2 Å². The summed E-state index contributed by atoms with van der Waals surface area (Å²) in [6, 6.07) is 0. The van der Waals surface area contributed by atoms with Gasteiger partial charge in [-0.3, -0.25) is 0 Å². The predicted octanol–water partition coefficient (Wildman–Crippen LogP) is 2.75. The molecule has 2 rings (SSSR count). The number of carboxylic acid groups (broad SMARTS) is 1. The first-order valence-corrected chi connectivity index (χ1v) is 9.35. The van der Waals surface area contributed by atoms with Gasteiger partial charge in [0, 0.05) is 18.8 Å². The average Bonchev–Trinajstić information content (AvgIpc) is 3.21. The van der Waals surface area contributed by atoms with Crippen LogP contribution in [0.25, 0.3) is 0 Å². The van der Waals surface area contributed by atoms with Crippen LogP contribution in [0.2, 0.25) is 0 Å². The fourth-order valence-corrected chi connectivity index (χ4v) is 3.42. The molecule has 0 spiro atoms. The second-order valence-electron chi connectivity index (χ2n) is 7.36. The lowest BCUT2D eigenvalue weighted by atomic mass is 9.90. The van der Waals surface area contributed by atoms with Gasteiger partial charge in [-0.2, -0.15) is 4.40 Å². The largest absolute Gasteiger partial charge is 0.465 e. The maximum absolute atomic E-state index is 12.3. The van der Waals surface area contributed by atoms with Gasteiger partial charge < -0.3 is 10.0 Å². The van der Waals surface area contributed by atoms with Crippen molar-refractivity contribution in [1.29, 1.82) is 0 Å². The third-order valence-corrected chi connectivity index (χ3v) is 6.47. The van der Waals surface area contributed by atoms with Gasteiger partial charge in [-0.25, -0.2) is 13.2 Å². The second kappa shape index (κ2) is 6.18. The third-order valence-electron chi connectivity index (χ3n) is 4.44. The lowest BCUT2D eigenvalue weighted by molar-refractivity contribution is 0.125. The SMILES string of the molecule is CC(C)(C)S(=O)(=O)N=C(CC1CCN(C(=O)O)CC1)C1CC1. The highest BCUT2D eigenvalue weighted by Gasteiger charge is 2.35. The smallest absolute Gasteiger partial charge is 0.407 e. The molecule has 1 saturated heterocycles. The molecule has 1 saturated carbocycles. The lowest BCUT2D eigenvalue weighted by Crippen LogP contribution is -2.38. The zero-order valence-corrected chi connectivity index (χ0v) is 14.4. The van der Waals surface area contributed by atoms with Gasteiger partial charge in [0.05, 0.1) is 4.75 Å². The van der Waals surface area contributed by atoms with Crippen molar-refractivity contribution in [2.45, 2.75) is 57.6 Å². The van der Waals surface area contributed by atoms with Crippen LogP contribution in [0.3, 0.4) is 0 Å². The van der Waals surface area contributed by atoms with Crippen LogP contribution in [0.4, 0.5) is 4.79 Å². The van der Waals surface area contributed by atoms with Gasteiger partial charge in [0.1, 0.15) is 0 Å². The van der Waals surface area contributed by atoms with E-state index in [2.05, 4.69) is 4.40 Å². The minimum Gasteiger partial charge on any atom is -0.465 e. The number of likely N-dealkylation sites (tertiary alicyclic amines) is 1. The van der Waals surface area contributed by atoms with Crippen molar-refractivity contribution in [1.82, 2.24) is 4.90 Å². The molecule has 0 bridgehead atoms. The molecule has 1 N–H and O–H groups in total. The monoisotopic (exact) mass is 330 g/mol. The van der Waals surface area contributed by atoms with Gasteiger partial charge in [0.25, 0.3) is 10.0 Å². The zero-order valence-electron chi connectivity index (χ0n) is 13.6. The lowest BCUT2D eigenvalue weighted by Gasteiger charge is -2.30. The van der Waals surface area contributed by atoms with E-state index >= 15 is 0 Å². The van der Waals surface area contributed by atoms with Crippen molar-refractivity contribution in [3.63, 3.8) is 0 Å². The second-order valence-corrected chi connectivity index (χ2v) is 9.72. The maximum atomic E-state index is 12.3. The Hall–Kier alpha value is -1.11. The predicted molar refractivity (Wildman–Crippen MR) is 85.8 cm³/mol. The Balaban J connectivity index is 2.04. The first kappa shape index (κ1) is 17.2. The molecule has 1 aliphatic heterocycles. The summed E-state index contributed by atoms with van der Waals surface area (Å²) in [7, 11) is -3.49. The molecule has 2 fully saturated rings. The van der Waals surface area contributed by atoms with Gasteiger partial charge in [-0.1, -0.05) is 0 Å². The number of sulfonamides is 1. The Morgan fingerprint density at radius 3 is 2.14 bits per heavy atom. The van der Waals surface area contributed by atoms with Crippen LogP contribution in [0.15, 0.2) is 4.40 Å². The summed E-state index contributed by atoms with van der Waals surface area (Å²) in [5.74, 6) is 0.653. The minimum absolute atomic E-state index is 0.314. The number of piperidine rings is 1. The molecule has 0 aromatic rings. The van der Waals surface area contributed by atoms with Crippen molar-refractivity contribution in [2.24, 2.45) is 16.2 Å². The first-order valence-electron chi connectivity index (χ1n) is 7.91. The van der Waals surface area contributed by atoms with Crippen LogP contribution >= 0.6 is 0 Å². The fraction of sp³-hybridized carbons (Fsp3) is 0.867. The standard InChI is InChI=1S/C15H26N2O4S/c1-15(2,3)22(20,21)16-13(12-4-5-12)10-11-6-8-17(9-7-11)14(18)19/h11-12H,4-10H2,1-3H3,(H,18,19). The summed E-state index contributed by atoms with van der Waals surface area (Å²) < 4.78 is 27.9. The van der Waals surface area contributed by atoms with Crippen LogP contribution in [0, 0.1) is 11.8 Å². The number of nitrogens with zero attached hydrogens (tertiary/aromatic N) is 2. The van der Waals surface area contributed by atoms with Crippen LogP contribution in [-0.2, 0) is 10.0 Å². The Labute approximate surface area is 132 Å². The van der Waals surface area contributed by atoms with Gasteiger partial charge in [0.2, 0.25) is 0 Å². The highest BCUT2D eigenvalue weighted by molar-refractivity contribution is 7.91. The zero-order chi connectivity index (χ0) is 16.5. The molecular weight excluding hydrogens is 304 g/mol. The molecule has 1 heterocycles. The number of hydrogen-bond acceptors (Lipinski definition) is 3. The molecule has 2 aliphatic rings. The molecule has 22 heavy (non-hydrogen) atoms. The first-order chi connectivity index (χ1) is 10.1.